The lowest BCUT2D eigenvalue weighted by atomic mass is 9.99. The first-order chi connectivity index (χ1) is 13.1. The summed E-state index contributed by atoms with van der Waals surface area (Å²) in [6.45, 7) is 4.63. The fourth-order valence-electron chi connectivity index (χ4n) is 3.81. The summed E-state index contributed by atoms with van der Waals surface area (Å²) in [7, 11) is 0. The number of para-hydroxylation sites is 1. The number of phenolic OH excluding ortho intramolecular Hbond substituents is 1. The van der Waals surface area contributed by atoms with E-state index in [9.17, 15) is 9.90 Å². The third-order valence-electron chi connectivity index (χ3n) is 5.49. The van der Waals surface area contributed by atoms with Crippen LogP contribution in [0.2, 0.25) is 0 Å². The summed E-state index contributed by atoms with van der Waals surface area (Å²) in [6, 6.07) is 11.2. The lowest BCUT2D eigenvalue weighted by Gasteiger charge is -2.31. The predicted octanol–water partition coefficient (Wildman–Crippen LogP) is 3.86. The van der Waals surface area contributed by atoms with Gasteiger partial charge in [0.15, 0.2) is 0 Å². The van der Waals surface area contributed by atoms with Gasteiger partial charge in [-0.25, -0.2) is 5.01 Å². The Balaban J connectivity index is 1.56. The van der Waals surface area contributed by atoms with Crippen LogP contribution in [0.4, 0.5) is 0 Å². The van der Waals surface area contributed by atoms with E-state index < -0.39 is 0 Å². The summed E-state index contributed by atoms with van der Waals surface area (Å²) in [4.78, 5) is 16.4. The van der Waals surface area contributed by atoms with E-state index in [1.54, 1.807) is 28.5 Å². The first-order valence-electron chi connectivity index (χ1n) is 9.55. The third-order valence-corrected chi connectivity index (χ3v) is 6.46. The zero-order valence-electron chi connectivity index (χ0n) is 15.5. The molecule has 1 amide bonds. The number of phenols is 1. The van der Waals surface area contributed by atoms with Crippen LogP contribution in [0.5, 0.6) is 5.75 Å². The molecule has 0 radical (unpaired) electrons. The van der Waals surface area contributed by atoms with Crippen molar-refractivity contribution in [3.05, 3.63) is 52.2 Å². The zero-order chi connectivity index (χ0) is 18.8. The zero-order valence-corrected chi connectivity index (χ0v) is 16.4. The molecule has 3 heterocycles. The van der Waals surface area contributed by atoms with E-state index in [2.05, 4.69) is 23.0 Å². The van der Waals surface area contributed by atoms with Crippen LogP contribution in [0, 0.1) is 5.92 Å². The Morgan fingerprint density at radius 1 is 1.22 bits per heavy atom. The van der Waals surface area contributed by atoms with Crippen molar-refractivity contribution < 1.29 is 9.90 Å². The van der Waals surface area contributed by atoms with Crippen LogP contribution in [-0.2, 0) is 4.79 Å². The minimum Gasteiger partial charge on any atom is -0.507 e. The van der Waals surface area contributed by atoms with E-state index in [1.165, 1.54) is 0 Å². The molecule has 4 rings (SSSR count). The van der Waals surface area contributed by atoms with Crippen molar-refractivity contribution in [2.45, 2.75) is 32.2 Å². The second-order valence-corrected chi connectivity index (χ2v) is 8.48. The molecule has 0 bridgehead atoms. The van der Waals surface area contributed by atoms with Gasteiger partial charge in [-0.3, -0.25) is 9.69 Å². The van der Waals surface area contributed by atoms with Gasteiger partial charge in [-0.05, 0) is 55.4 Å². The molecule has 0 unspecified atom stereocenters. The Morgan fingerprint density at radius 2 is 2.00 bits per heavy atom. The smallest absolute Gasteiger partial charge is 0.257 e. The maximum Gasteiger partial charge on any atom is 0.257 e. The highest BCUT2D eigenvalue weighted by Gasteiger charge is 2.35. The Hall–Kier alpha value is -2.18. The number of thiophene rings is 1. The van der Waals surface area contributed by atoms with Gasteiger partial charge < -0.3 is 5.11 Å². The molecule has 1 atom stereocenters. The number of carbonyl (C=O) groups excluding carboxylic acids is 1. The van der Waals surface area contributed by atoms with Gasteiger partial charge in [-0.2, -0.15) is 5.10 Å². The minimum absolute atomic E-state index is 0.0355. The van der Waals surface area contributed by atoms with E-state index in [1.807, 2.05) is 23.6 Å². The highest BCUT2D eigenvalue weighted by Crippen LogP contribution is 2.36. The van der Waals surface area contributed by atoms with Crippen molar-refractivity contribution in [3.63, 3.8) is 0 Å². The number of piperidine rings is 1. The lowest BCUT2D eigenvalue weighted by molar-refractivity contribution is -0.134. The van der Waals surface area contributed by atoms with Crippen LogP contribution in [0.15, 0.2) is 46.9 Å². The van der Waals surface area contributed by atoms with Crippen LogP contribution < -0.4 is 0 Å². The lowest BCUT2D eigenvalue weighted by Crippen LogP contribution is -2.41. The number of rotatable bonds is 4. The number of likely N-dealkylation sites (tertiary alicyclic amines) is 1. The number of hydrazone groups is 1. The quantitative estimate of drug-likeness (QED) is 0.872. The number of hydrogen-bond donors (Lipinski definition) is 1. The number of benzene rings is 1. The topological polar surface area (TPSA) is 56.1 Å². The normalized spacial score (nSPS) is 21.4. The number of hydrogen-bond acceptors (Lipinski definition) is 5. The largest absolute Gasteiger partial charge is 0.507 e. The van der Waals surface area contributed by atoms with Crippen molar-refractivity contribution in [2.24, 2.45) is 11.0 Å². The average molecular weight is 384 g/mol. The fourth-order valence-corrected chi connectivity index (χ4v) is 4.62. The minimum atomic E-state index is -0.0872. The standard InChI is InChI=1S/C21H25N3O2S/c1-15-8-10-23(11-9-15)14-21(26)24-18(20-7-4-12-27-20)13-17(22-24)16-5-2-3-6-19(16)25/h2-7,12,15,18,25H,8-11,13-14H2,1H3/t18-/m0/s1. The molecular weight excluding hydrogens is 358 g/mol. The molecule has 6 heteroatoms. The molecule has 2 aliphatic rings. The number of carbonyl (C=O) groups is 1. The molecular formula is C21H25N3O2S. The molecule has 27 heavy (non-hydrogen) atoms. The van der Waals surface area contributed by atoms with Gasteiger partial charge in [-0.15, -0.1) is 11.3 Å². The second-order valence-electron chi connectivity index (χ2n) is 7.50. The maximum atomic E-state index is 13.1. The Morgan fingerprint density at radius 3 is 2.70 bits per heavy atom. The molecule has 0 aliphatic carbocycles. The van der Waals surface area contributed by atoms with Gasteiger partial charge in [0, 0.05) is 16.9 Å². The first-order valence-corrected chi connectivity index (χ1v) is 10.4. The molecule has 1 aromatic heterocycles. The Labute approximate surface area is 163 Å². The second kappa shape index (κ2) is 7.82. The molecule has 0 spiro atoms. The van der Waals surface area contributed by atoms with E-state index in [0.717, 1.165) is 42.4 Å². The van der Waals surface area contributed by atoms with Crippen LogP contribution in [0.25, 0.3) is 0 Å². The summed E-state index contributed by atoms with van der Waals surface area (Å²) in [6.07, 6.45) is 2.92. The highest BCUT2D eigenvalue weighted by atomic mass is 32.1. The monoisotopic (exact) mass is 383 g/mol. The summed E-state index contributed by atoms with van der Waals surface area (Å²) in [5, 5.41) is 18.5. The van der Waals surface area contributed by atoms with Crippen molar-refractivity contribution in [3.8, 4) is 5.75 Å². The van der Waals surface area contributed by atoms with Crippen LogP contribution in [0.1, 0.15) is 42.7 Å². The number of aromatic hydroxyl groups is 1. The Bertz CT molecular complexity index is 826. The van der Waals surface area contributed by atoms with Crippen LogP contribution in [0.3, 0.4) is 0 Å². The molecule has 1 N–H and O–H groups in total. The number of nitrogens with zero attached hydrogens (tertiary/aromatic N) is 3. The summed E-state index contributed by atoms with van der Waals surface area (Å²) in [5.41, 5.74) is 1.48. The molecule has 1 fully saturated rings. The molecule has 5 nitrogen and oxygen atoms in total. The molecule has 142 valence electrons. The molecule has 2 aliphatic heterocycles. The molecule has 0 saturated carbocycles. The van der Waals surface area contributed by atoms with Gasteiger partial charge >= 0.3 is 0 Å². The van der Waals surface area contributed by atoms with E-state index in [-0.39, 0.29) is 17.7 Å². The Kier molecular flexibility index (Phi) is 5.27. The van der Waals surface area contributed by atoms with Crippen molar-refractivity contribution in [1.82, 2.24) is 9.91 Å². The van der Waals surface area contributed by atoms with Gasteiger partial charge in [0.25, 0.3) is 5.91 Å². The SMILES string of the molecule is CC1CCN(CC(=O)N2N=C(c3ccccc3O)C[C@H]2c2cccs2)CC1. The van der Waals surface area contributed by atoms with Crippen molar-refractivity contribution in [2.75, 3.05) is 19.6 Å². The first kappa shape index (κ1) is 18.2. The fraction of sp³-hybridized carbons (Fsp3) is 0.429. The van der Waals surface area contributed by atoms with Gasteiger partial charge in [0.05, 0.1) is 18.3 Å². The van der Waals surface area contributed by atoms with Crippen molar-refractivity contribution >= 4 is 23.0 Å². The van der Waals surface area contributed by atoms with E-state index >= 15 is 0 Å². The summed E-state index contributed by atoms with van der Waals surface area (Å²) >= 11 is 1.65. The average Bonchev–Trinajstić information content (AvgIpc) is 3.33. The molecule has 1 aromatic carbocycles. The maximum absolute atomic E-state index is 13.1. The van der Waals surface area contributed by atoms with Crippen LogP contribution in [-0.4, -0.2) is 46.3 Å². The van der Waals surface area contributed by atoms with Crippen molar-refractivity contribution in [1.29, 1.82) is 0 Å². The predicted molar refractivity (Wildman–Crippen MR) is 108 cm³/mol. The number of amides is 1. The van der Waals surface area contributed by atoms with Crippen LogP contribution >= 0.6 is 11.3 Å². The van der Waals surface area contributed by atoms with Gasteiger partial charge in [0.2, 0.25) is 0 Å². The van der Waals surface area contributed by atoms with E-state index in [4.69, 9.17) is 0 Å². The molecule has 2 aromatic rings. The molecule has 1 saturated heterocycles. The van der Waals surface area contributed by atoms with Gasteiger partial charge in [-0.1, -0.05) is 25.1 Å². The third kappa shape index (κ3) is 3.92. The summed E-state index contributed by atoms with van der Waals surface area (Å²) < 4.78 is 0. The summed E-state index contributed by atoms with van der Waals surface area (Å²) in [5.74, 6) is 0.988. The van der Waals surface area contributed by atoms with Gasteiger partial charge in [0.1, 0.15) is 5.75 Å². The highest BCUT2D eigenvalue weighted by molar-refractivity contribution is 7.10. The van der Waals surface area contributed by atoms with E-state index in [0.29, 0.717) is 18.5 Å².